The van der Waals surface area contributed by atoms with E-state index < -0.39 is 5.97 Å². The van der Waals surface area contributed by atoms with Crippen molar-refractivity contribution in [3.63, 3.8) is 0 Å². The topological polar surface area (TPSA) is 109 Å². The molecule has 0 saturated heterocycles. The SMILES string of the molecule is C=C(C)/C(C#N)=C(C)\C=C(/C)O/C(C(C)=N)=C(/N)C(=O)OCC. The highest BCUT2D eigenvalue weighted by Crippen LogP contribution is 2.17. The molecule has 0 fully saturated rings. The van der Waals surface area contributed by atoms with E-state index in [0.717, 1.165) is 0 Å². The molecule has 6 heteroatoms. The number of nitriles is 1. The van der Waals surface area contributed by atoms with Crippen molar-refractivity contribution in [2.45, 2.75) is 34.6 Å². The summed E-state index contributed by atoms with van der Waals surface area (Å²) in [5.74, 6) is -0.432. The average molecular weight is 317 g/mol. The molecule has 0 heterocycles. The Kier molecular flexibility index (Phi) is 8.13. The second-order valence-electron chi connectivity index (χ2n) is 4.90. The van der Waals surface area contributed by atoms with Crippen LogP contribution in [0.15, 0.2) is 46.6 Å². The van der Waals surface area contributed by atoms with Gasteiger partial charge in [-0.25, -0.2) is 4.79 Å². The minimum atomic E-state index is -0.742. The first-order valence-electron chi connectivity index (χ1n) is 7.01. The number of allylic oxidation sites excluding steroid dienone is 6. The quantitative estimate of drug-likeness (QED) is 0.187. The van der Waals surface area contributed by atoms with Gasteiger partial charge in [-0.1, -0.05) is 6.58 Å². The van der Waals surface area contributed by atoms with Crippen molar-refractivity contribution >= 4 is 11.7 Å². The van der Waals surface area contributed by atoms with Crippen LogP contribution >= 0.6 is 0 Å². The molecule has 0 aromatic carbocycles. The van der Waals surface area contributed by atoms with Gasteiger partial charge in [0.05, 0.1) is 24.0 Å². The molecule has 0 aliphatic heterocycles. The number of hydrogen-bond acceptors (Lipinski definition) is 6. The molecule has 0 radical (unpaired) electrons. The maximum atomic E-state index is 11.7. The van der Waals surface area contributed by atoms with E-state index in [1.807, 2.05) is 0 Å². The van der Waals surface area contributed by atoms with E-state index in [2.05, 4.69) is 12.6 Å². The molecule has 0 atom stereocenters. The van der Waals surface area contributed by atoms with E-state index in [-0.39, 0.29) is 23.8 Å². The molecule has 6 nitrogen and oxygen atoms in total. The number of ether oxygens (including phenoxy) is 2. The molecular weight excluding hydrogens is 294 g/mol. The standard InChI is InChI=1S/C17H23N3O3/c1-7-22-17(21)15(20)16(13(6)19)23-12(5)8-11(4)14(9-18)10(2)3/h8,19H,2,7,20H2,1,3-6H3/b12-8+,14-11-,16-15+,19-13?. The Morgan fingerprint density at radius 3 is 2.30 bits per heavy atom. The van der Waals surface area contributed by atoms with Crippen LogP contribution in [0.5, 0.6) is 0 Å². The molecular formula is C17H23N3O3. The van der Waals surface area contributed by atoms with Crippen LogP contribution in [-0.4, -0.2) is 18.3 Å². The van der Waals surface area contributed by atoms with Gasteiger partial charge in [0.1, 0.15) is 5.76 Å². The molecule has 23 heavy (non-hydrogen) atoms. The van der Waals surface area contributed by atoms with E-state index >= 15 is 0 Å². The number of hydrogen-bond donors (Lipinski definition) is 2. The molecule has 0 unspecified atom stereocenters. The highest BCUT2D eigenvalue weighted by molar-refractivity contribution is 6.02. The molecule has 0 rings (SSSR count). The first-order valence-corrected chi connectivity index (χ1v) is 7.01. The fourth-order valence-electron chi connectivity index (χ4n) is 1.72. The number of nitrogens with zero attached hydrogens (tertiary/aromatic N) is 1. The minimum Gasteiger partial charge on any atom is -0.461 e. The molecule has 0 aromatic heterocycles. The van der Waals surface area contributed by atoms with Crippen molar-refractivity contribution in [1.82, 2.24) is 0 Å². The Balaban J connectivity index is 5.65. The van der Waals surface area contributed by atoms with Crippen molar-refractivity contribution in [2.75, 3.05) is 6.61 Å². The van der Waals surface area contributed by atoms with Gasteiger partial charge in [0.15, 0.2) is 11.5 Å². The summed E-state index contributed by atoms with van der Waals surface area (Å²) in [4.78, 5) is 11.7. The predicted molar refractivity (Wildman–Crippen MR) is 89.2 cm³/mol. The lowest BCUT2D eigenvalue weighted by Gasteiger charge is -2.13. The highest BCUT2D eigenvalue weighted by Gasteiger charge is 2.17. The molecule has 0 bridgehead atoms. The third-order valence-electron chi connectivity index (χ3n) is 2.70. The summed E-state index contributed by atoms with van der Waals surface area (Å²) in [6.07, 6.45) is 1.62. The molecule has 0 aromatic rings. The van der Waals surface area contributed by atoms with Crippen LogP contribution in [0.1, 0.15) is 34.6 Å². The summed E-state index contributed by atoms with van der Waals surface area (Å²) >= 11 is 0. The van der Waals surface area contributed by atoms with Gasteiger partial charge >= 0.3 is 5.97 Å². The Morgan fingerprint density at radius 2 is 1.91 bits per heavy atom. The number of nitrogens with two attached hydrogens (primary N) is 1. The molecule has 3 N–H and O–H groups in total. The van der Waals surface area contributed by atoms with Crippen LogP contribution in [0.2, 0.25) is 0 Å². The lowest BCUT2D eigenvalue weighted by atomic mass is 10.0. The van der Waals surface area contributed by atoms with Crippen LogP contribution in [0.25, 0.3) is 0 Å². The fourth-order valence-corrected chi connectivity index (χ4v) is 1.72. The first kappa shape index (κ1) is 20.2. The van der Waals surface area contributed by atoms with Gasteiger partial charge in [0.25, 0.3) is 0 Å². The van der Waals surface area contributed by atoms with Crippen molar-refractivity contribution in [3.8, 4) is 6.07 Å². The molecule has 0 amide bonds. The normalized spacial score (nSPS) is 13.3. The van der Waals surface area contributed by atoms with Crippen molar-refractivity contribution in [2.24, 2.45) is 5.73 Å². The van der Waals surface area contributed by atoms with Crippen LogP contribution in [-0.2, 0) is 14.3 Å². The number of carbonyl (C=O) groups is 1. The molecule has 124 valence electrons. The molecule has 0 aliphatic carbocycles. The van der Waals surface area contributed by atoms with Gasteiger partial charge in [-0.3, -0.25) is 0 Å². The molecule has 0 saturated carbocycles. The summed E-state index contributed by atoms with van der Waals surface area (Å²) in [6.45, 7) is 12.1. The van der Waals surface area contributed by atoms with E-state index in [9.17, 15) is 4.79 Å². The average Bonchev–Trinajstić information content (AvgIpc) is 2.44. The van der Waals surface area contributed by atoms with Gasteiger partial charge in [-0.15, -0.1) is 0 Å². The molecule has 0 spiro atoms. The minimum absolute atomic E-state index is 0.00894. The zero-order chi connectivity index (χ0) is 18.2. The Hall–Kier alpha value is -2.81. The van der Waals surface area contributed by atoms with Crippen molar-refractivity contribution in [1.29, 1.82) is 10.7 Å². The maximum absolute atomic E-state index is 11.7. The van der Waals surface area contributed by atoms with Crippen molar-refractivity contribution in [3.05, 3.63) is 46.6 Å². The summed E-state index contributed by atoms with van der Waals surface area (Å²) in [7, 11) is 0. The van der Waals surface area contributed by atoms with Gasteiger partial charge in [0, 0.05) is 0 Å². The number of rotatable bonds is 7. The Bertz CT molecular complexity index is 646. The zero-order valence-corrected chi connectivity index (χ0v) is 14.2. The maximum Gasteiger partial charge on any atom is 0.358 e. The third kappa shape index (κ3) is 6.22. The monoisotopic (exact) mass is 317 g/mol. The second kappa shape index (κ2) is 9.26. The second-order valence-corrected chi connectivity index (χ2v) is 4.90. The largest absolute Gasteiger partial charge is 0.461 e. The van der Waals surface area contributed by atoms with Gasteiger partial charge < -0.3 is 20.6 Å². The van der Waals surface area contributed by atoms with Crippen LogP contribution in [0.3, 0.4) is 0 Å². The Labute approximate surface area is 137 Å². The summed E-state index contributed by atoms with van der Waals surface area (Å²) in [5, 5.41) is 16.8. The zero-order valence-electron chi connectivity index (χ0n) is 14.2. The van der Waals surface area contributed by atoms with Crippen molar-refractivity contribution < 1.29 is 14.3 Å². The van der Waals surface area contributed by atoms with E-state index in [4.69, 9.17) is 25.9 Å². The first-order chi connectivity index (χ1) is 10.6. The van der Waals surface area contributed by atoms with Gasteiger partial charge in [-0.05, 0) is 51.8 Å². The number of carbonyl (C=O) groups excluding carboxylic acids is 1. The number of nitrogens with one attached hydrogen (secondary N) is 1. The smallest absolute Gasteiger partial charge is 0.358 e. The third-order valence-corrected chi connectivity index (χ3v) is 2.70. The fraction of sp³-hybridized carbons (Fsp3) is 0.353. The van der Waals surface area contributed by atoms with Gasteiger partial charge in [-0.2, -0.15) is 5.26 Å². The molecule has 0 aliphatic rings. The van der Waals surface area contributed by atoms with Gasteiger partial charge in [0.2, 0.25) is 0 Å². The predicted octanol–water partition coefficient (Wildman–Crippen LogP) is 3.10. The lowest BCUT2D eigenvalue weighted by Crippen LogP contribution is -2.21. The van der Waals surface area contributed by atoms with Crippen LogP contribution < -0.4 is 5.73 Å². The van der Waals surface area contributed by atoms with E-state index in [1.165, 1.54) is 6.92 Å². The Morgan fingerprint density at radius 1 is 1.35 bits per heavy atom. The van der Waals surface area contributed by atoms with Crippen LogP contribution in [0, 0.1) is 16.7 Å². The van der Waals surface area contributed by atoms with Crippen LogP contribution in [0.4, 0.5) is 0 Å². The number of esters is 1. The van der Waals surface area contributed by atoms with E-state index in [0.29, 0.717) is 22.5 Å². The highest BCUT2D eigenvalue weighted by atomic mass is 16.5. The summed E-state index contributed by atoms with van der Waals surface area (Å²) < 4.78 is 10.3. The van der Waals surface area contributed by atoms with E-state index in [1.54, 1.807) is 33.8 Å². The summed E-state index contributed by atoms with van der Waals surface area (Å²) in [6, 6.07) is 2.07. The summed E-state index contributed by atoms with van der Waals surface area (Å²) in [5.41, 5.74) is 7.16. The lowest BCUT2D eigenvalue weighted by molar-refractivity contribution is -0.138.